The molecule has 1 N–H and O–H groups in total. The predicted molar refractivity (Wildman–Crippen MR) is 104 cm³/mol. The van der Waals surface area contributed by atoms with Crippen molar-refractivity contribution in [3.63, 3.8) is 0 Å². The maximum absolute atomic E-state index is 4.44. The van der Waals surface area contributed by atoms with Crippen molar-refractivity contribution in [3.8, 4) is 0 Å². The van der Waals surface area contributed by atoms with E-state index in [4.69, 9.17) is 0 Å². The van der Waals surface area contributed by atoms with Gasteiger partial charge in [0.15, 0.2) is 5.96 Å². The zero-order valence-corrected chi connectivity index (χ0v) is 16.9. The Kier molecular flexibility index (Phi) is 7.34. The number of hydrogen-bond acceptors (Lipinski definition) is 3. The molecule has 0 amide bonds. The summed E-state index contributed by atoms with van der Waals surface area (Å²) in [5, 5.41) is 12.1. The van der Waals surface area contributed by atoms with E-state index in [9.17, 15) is 0 Å². The van der Waals surface area contributed by atoms with Crippen LogP contribution >= 0.6 is 35.3 Å². The van der Waals surface area contributed by atoms with Gasteiger partial charge in [-0.2, -0.15) is 16.4 Å². The topological polar surface area (TPSA) is 45.5 Å². The standard InChI is InChI=1S/C15H23N5S.HI/c1-11-14(12(2)20(5)18-11)8-17-15(16-3)19(4)9-13-6-7-21-10-13;/h6-7,10H,8-9H2,1-5H3,(H,16,17);1H. The Morgan fingerprint density at radius 3 is 2.68 bits per heavy atom. The highest BCUT2D eigenvalue weighted by Gasteiger charge is 2.12. The number of nitrogens with zero attached hydrogens (tertiary/aromatic N) is 4. The van der Waals surface area contributed by atoms with Crippen molar-refractivity contribution in [2.24, 2.45) is 12.0 Å². The Bertz CT molecular complexity index is 618. The molecule has 2 aromatic heterocycles. The van der Waals surface area contributed by atoms with Crippen molar-refractivity contribution in [1.82, 2.24) is 20.0 Å². The number of aromatic nitrogens is 2. The Morgan fingerprint density at radius 2 is 2.18 bits per heavy atom. The third kappa shape index (κ3) is 4.45. The molecule has 0 atom stereocenters. The molecule has 0 spiro atoms. The molecule has 2 aromatic rings. The minimum Gasteiger partial charge on any atom is -0.352 e. The maximum atomic E-state index is 4.44. The molecule has 0 aliphatic rings. The van der Waals surface area contributed by atoms with E-state index in [1.165, 1.54) is 16.8 Å². The fraction of sp³-hybridized carbons (Fsp3) is 0.467. The summed E-state index contributed by atoms with van der Waals surface area (Å²) in [6, 6.07) is 2.14. The summed E-state index contributed by atoms with van der Waals surface area (Å²) in [5.41, 5.74) is 4.80. The molecular weight excluding hydrogens is 409 g/mol. The van der Waals surface area contributed by atoms with Gasteiger partial charge >= 0.3 is 0 Å². The van der Waals surface area contributed by atoms with E-state index in [0.717, 1.165) is 24.7 Å². The molecule has 5 nitrogen and oxygen atoms in total. The summed E-state index contributed by atoms with van der Waals surface area (Å²) in [7, 11) is 5.84. The number of thiophene rings is 1. The van der Waals surface area contributed by atoms with Crippen molar-refractivity contribution in [1.29, 1.82) is 0 Å². The van der Waals surface area contributed by atoms with Gasteiger partial charge in [0.1, 0.15) is 0 Å². The molecule has 0 saturated carbocycles. The van der Waals surface area contributed by atoms with Crippen LogP contribution in [-0.4, -0.2) is 34.7 Å². The van der Waals surface area contributed by atoms with Crippen molar-refractivity contribution in [2.45, 2.75) is 26.9 Å². The number of hydrogen-bond donors (Lipinski definition) is 1. The first-order valence-electron chi connectivity index (χ1n) is 6.95. The predicted octanol–water partition coefficient (Wildman–Crippen LogP) is 2.92. The minimum atomic E-state index is 0. The number of halogens is 1. The summed E-state index contributed by atoms with van der Waals surface area (Å²) in [5.74, 6) is 0.892. The van der Waals surface area contributed by atoms with Gasteiger partial charge in [-0.15, -0.1) is 24.0 Å². The van der Waals surface area contributed by atoms with Crippen molar-refractivity contribution in [2.75, 3.05) is 14.1 Å². The molecule has 7 heteroatoms. The molecule has 0 bridgehead atoms. The first kappa shape index (κ1) is 19.0. The van der Waals surface area contributed by atoms with E-state index in [2.05, 4.69) is 51.1 Å². The van der Waals surface area contributed by atoms with Crippen LogP contribution in [-0.2, 0) is 20.1 Å². The van der Waals surface area contributed by atoms with Crippen LogP contribution in [0.2, 0.25) is 0 Å². The quantitative estimate of drug-likeness (QED) is 0.458. The van der Waals surface area contributed by atoms with Gasteiger partial charge in [-0.25, -0.2) is 0 Å². The van der Waals surface area contributed by atoms with Crippen LogP contribution in [0.5, 0.6) is 0 Å². The van der Waals surface area contributed by atoms with Crippen LogP contribution < -0.4 is 5.32 Å². The van der Waals surface area contributed by atoms with Crippen LogP contribution in [0, 0.1) is 13.8 Å². The Balaban J connectivity index is 0.00000242. The molecule has 2 rings (SSSR count). The Labute approximate surface area is 153 Å². The second-order valence-corrected chi connectivity index (χ2v) is 5.94. The average molecular weight is 433 g/mol. The normalized spacial score (nSPS) is 11.2. The lowest BCUT2D eigenvalue weighted by Crippen LogP contribution is -2.38. The lowest BCUT2D eigenvalue weighted by atomic mass is 10.2. The van der Waals surface area contributed by atoms with Crippen molar-refractivity contribution >= 4 is 41.3 Å². The van der Waals surface area contributed by atoms with Gasteiger partial charge in [0.25, 0.3) is 0 Å². The third-order valence-corrected chi connectivity index (χ3v) is 4.39. The molecule has 0 radical (unpaired) electrons. The molecule has 2 heterocycles. The number of aliphatic imine (C=N–C) groups is 1. The highest BCUT2D eigenvalue weighted by atomic mass is 127. The zero-order chi connectivity index (χ0) is 15.4. The monoisotopic (exact) mass is 433 g/mol. The SMILES string of the molecule is CN=C(NCc1c(C)nn(C)c1C)N(C)Cc1ccsc1.I. The fourth-order valence-corrected chi connectivity index (χ4v) is 3.02. The summed E-state index contributed by atoms with van der Waals surface area (Å²) < 4.78 is 1.92. The molecule has 0 unspecified atom stereocenters. The van der Waals surface area contributed by atoms with Crippen LogP contribution in [0.15, 0.2) is 21.8 Å². The summed E-state index contributed by atoms with van der Waals surface area (Å²) in [6.07, 6.45) is 0. The van der Waals surface area contributed by atoms with E-state index in [1.54, 1.807) is 11.3 Å². The van der Waals surface area contributed by atoms with Crippen molar-refractivity contribution in [3.05, 3.63) is 39.3 Å². The number of rotatable bonds is 4. The van der Waals surface area contributed by atoms with E-state index in [0.29, 0.717) is 0 Å². The maximum Gasteiger partial charge on any atom is 0.193 e. The molecule has 122 valence electrons. The number of guanidine groups is 1. The molecule has 22 heavy (non-hydrogen) atoms. The highest BCUT2D eigenvalue weighted by molar-refractivity contribution is 14.0. The van der Waals surface area contributed by atoms with Crippen LogP contribution in [0.4, 0.5) is 0 Å². The number of nitrogens with one attached hydrogen (secondary N) is 1. The molecule has 0 fully saturated rings. The van der Waals surface area contributed by atoms with Crippen LogP contribution in [0.25, 0.3) is 0 Å². The van der Waals surface area contributed by atoms with E-state index < -0.39 is 0 Å². The van der Waals surface area contributed by atoms with Gasteiger partial charge in [0.05, 0.1) is 5.69 Å². The number of aryl methyl sites for hydroxylation is 2. The highest BCUT2D eigenvalue weighted by Crippen LogP contribution is 2.12. The van der Waals surface area contributed by atoms with E-state index in [-0.39, 0.29) is 24.0 Å². The van der Waals surface area contributed by atoms with Gasteiger partial charge in [-0.3, -0.25) is 9.67 Å². The lowest BCUT2D eigenvalue weighted by molar-refractivity contribution is 0.477. The smallest absolute Gasteiger partial charge is 0.193 e. The Hall–Kier alpha value is -1.09. The third-order valence-electron chi connectivity index (χ3n) is 3.66. The molecule has 0 aromatic carbocycles. The van der Waals surface area contributed by atoms with Crippen LogP contribution in [0.3, 0.4) is 0 Å². The Morgan fingerprint density at radius 1 is 1.45 bits per heavy atom. The van der Waals surface area contributed by atoms with Gasteiger partial charge in [-0.1, -0.05) is 0 Å². The van der Waals surface area contributed by atoms with Gasteiger partial charge in [0.2, 0.25) is 0 Å². The first-order valence-corrected chi connectivity index (χ1v) is 7.89. The second-order valence-electron chi connectivity index (χ2n) is 5.16. The van der Waals surface area contributed by atoms with Gasteiger partial charge in [0, 0.05) is 45.5 Å². The van der Waals surface area contributed by atoms with E-state index in [1.807, 2.05) is 25.7 Å². The van der Waals surface area contributed by atoms with Crippen LogP contribution in [0.1, 0.15) is 22.5 Å². The molecule has 0 saturated heterocycles. The minimum absolute atomic E-state index is 0. The van der Waals surface area contributed by atoms with E-state index >= 15 is 0 Å². The first-order chi connectivity index (χ1) is 10.0. The largest absolute Gasteiger partial charge is 0.352 e. The summed E-state index contributed by atoms with van der Waals surface area (Å²) >= 11 is 1.72. The second kappa shape index (κ2) is 8.52. The average Bonchev–Trinajstić information content (AvgIpc) is 3.02. The summed E-state index contributed by atoms with van der Waals surface area (Å²) in [6.45, 7) is 5.73. The van der Waals surface area contributed by atoms with Gasteiger partial charge in [-0.05, 0) is 36.2 Å². The molecular formula is C15H24IN5S. The van der Waals surface area contributed by atoms with Crippen molar-refractivity contribution < 1.29 is 0 Å². The lowest BCUT2D eigenvalue weighted by Gasteiger charge is -2.21. The fourth-order valence-electron chi connectivity index (χ4n) is 2.36. The summed E-state index contributed by atoms with van der Waals surface area (Å²) in [4.78, 5) is 6.49. The molecule has 0 aliphatic heterocycles. The molecule has 0 aliphatic carbocycles. The van der Waals surface area contributed by atoms with Gasteiger partial charge < -0.3 is 10.2 Å². The zero-order valence-electron chi connectivity index (χ0n) is 13.8.